The van der Waals surface area contributed by atoms with Gasteiger partial charge in [0, 0.05) is 24.2 Å². The molecule has 188 valence electrons. The van der Waals surface area contributed by atoms with Crippen LogP contribution in [0.4, 0.5) is 0 Å². The molecule has 1 amide bonds. The van der Waals surface area contributed by atoms with E-state index in [0.717, 1.165) is 29.7 Å². The normalized spacial score (nSPS) is 16.3. The zero-order valence-corrected chi connectivity index (χ0v) is 20.5. The molecule has 0 aliphatic carbocycles. The SMILES string of the molecule is COc1c2c(cc3c1[C@@H](c1nnnn1-c1cccc(C(=O)NCc4ccccc4)c1)N(C)CC3)OCO2. The average Bonchev–Trinajstić information content (AvgIpc) is 3.61. The summed E-state index contributed by atoms with van der Waals surface area (Å²) in [4.78, 5) is 15.1. The van der Waals surface area contributed by atoms with E-state index in [1.165, 1.54) is 0 Å². The molecule has 0 bridgehead atoms. The first-order valence-electron chi connectivity index (χ1n) is 12.0. The molecule has 37 heavy (non-hydrogen) atoms. The Bertz CT molecular complexity index is 1450. The Morgan fingerprint density at radius 1 is 1.14 bits per heavy atom. The lowest BCUT2D eigenvalue weighted by molar-refractivity contribution is 0.0951. The van der Waals surface area contributed by atoms with Gasteiger partial charge in [0.25, 0.3) is 5.91 Å². The van der Waals surface area contributed by atoms with Crippen molar-refractivity contribution in [2.75, 3.05) is 27.5 Å². The molecule has 1 aromatic heterocycles. The van der Waals surface area contributed by atoms with Gasteiger partial charge in [-0.1, -0.05) is 36.4 Å². The van der Waals surface area contributed by atoms with Crippen LogP contribution >= 0.6 is 0 Å². The van der Waals surface area contributed by atoms with Gasteiger partial charge in [0.15, 0.2) is 17.3 Å². The van der Waals surface area contributed by atoms with E-state index in [4.69, 9.17) is 14.2 Å². The van der Waals surface area contributed by atoms with Gasteiger partial charge < -0.3 is 19.5 Å². The van der Waals surface area contributed by atoms with Crippen molar-refractivity contribution in [3.05, 3.63) is 88.7 Å². The van der Waals surface area contributed by atoms with E-state index in [0.29, 0.717) is 40.9 Å². The molecule has 0 radical (unpaired) electrons. The summed E-state index contributed by atoms with van der Waals surface area (Å²) in [6, 6.07) is 18.8. The fourth-order valence-electron chi connectivity index (χ4n) is 4.97. The molecular weight excluding hydrogens is 472 g/mol. The minimum absolute atomic E-state index is 0.159. The number of fused-ring (bicyclic) bond motifs is 2. The van der Waals surface area contributed by atoms with Crippen molar-refractivity contribution in [2.45, 2.75) is 19.0 Å². The van der Waals surface area contributed by atoms with Crippen LogP contribution in [0, 0.1) is 0 Å². The number of hydrogen-bond acceptors (Lipinski definition) is 8. The number of ether oxygens (including phenoxy) is 3. The molecule has 6 rings (SSSR count). The predicted molar refractivity (Wildman–Crippen MR) is 134 cm³/mol. The number of rotatable bonds is 6. The van der Waals surface area contributed by atoms with Crippen molar-refractivity contribution in [2.24, 2.45) is 0 Å². The predicted octanol–water partition coefficient (Wildman–Crippen LogP) is 2.91. The molecule has 3 aromatic carbocycles. The molecule has 2 aliphatic rings. The number of likely N-dealkylation sites (N-methyl/N-ethyl adjacent to an activating group) is 1. The summed E-state index contributed by atoms with van der Waals surface area (Å²) in [7, 11) is 3.66. The minimum atomic E-state index is -0.293. The van der Waals surface area contributed by atoms with Crippen LogP contribution in [0.15, 0.2) is 60.7 Å². The summed E-state index contributed by atoms with van der Waals surface area (Å²) >= 11 is 0. The molecule has 1 atom stereocenters. The Morgan fingerprint density at radius 3 is 2.84 bits per heavy atom. The van der Waals surface area contributed by atoms with Gasteiger partial charge in [0.05, 0.1) is 12.8 Å². The highest BCUT2D eigenvalue weighted by molar-refractivity contribution is 5.94. The number of aromatic nitrogens is 4. The Hall–Kier alpha value is -4.44. The zero-order valence-electron chi connectivity index (χ0n) is 20.5. The number of carbonyl (C=O) groups excluding carboxylic acids is 1. The van der Waals surface area contributed by atoms with E-state index in [1.807, 2.05) is 55.6 Å². The second kappa shape index (κ2) is 9.55. The van der Waals surface area contributed by atoms with E-state index in [9.17, 15) is 4.79 Å². The minimum Gasteiger partial charge on any atom is -0.492 e. The van der Waals surface area contributed by atoms with Crippen LogP contribution < -0.4 is 19.5 Å². The molecule has 10 nitrogen and oxygen atoms in total. The molecule has 0 saturated carbocycles. The van der Waals surface area contributed by atoms with Crippen LogP contribution in [-0.4, -0.2) is 58.5 Å². The molecule has 1 N–H and O–H groups in total. The fraction of sp³-hybridized carbons (Fsp3) is 0.259. The van der Waals surface area contributed by atoms with Crippen molar-refractivity contribution in [3.8, 4) is 22.9 Å². The Kier molecular flexibility index (Phi) is 5.93. The van der Waals surface area contributed by atoms with Crippen molar-refractivity contribution in [3.63, 3.8) is 0 Å². The van der Waals surface area contributed by atoms with Crippen molar-refractivity contribution >= 4 is 5.91 Å². The highest BCUT2D eigenvalue weighted by atomic mass is 16.7. The van der Waals surface area contributed by atoms with Gasteiger partial charge in [-0.25, -0.2) is 0 Å². The van der Waals surface area contributed by atoms with Crippen molar-refractivity contribution < 1.29 is 19.0 Å². The van der Waals surface area contributed by atoms with Crippen LogP contribution in [0.3, 0.4) is 0 Å². The lowest BCUT2D eigenvalue weighted by Crippen LogP contribution is -2.35. The number of nitrogens with one attached hydrogen (secondary N) is 1. The van der Waals surface area contributed by atoms with Gasteiger partial charge in [-0.15, -0.1) is 5.10 Å². The van der Waals surface area contributed by atoms with Crippen LogP contribution in [-0.2, 0) is 13.0 Å². The third kappa shape index (κ3) is 4.15. The van der Waals surface area contributed by atoms with Gasteiger partial charge in [0.1, 0.15) is 6.04 Å². The highest BCUT2D eigenvalue weighted by Crippen LogP contribution is 2.50. The van der Waals surface area contributed by atoms with Gasteiger partial charge in [-0.05, 0) is 59.3 Å². The van der Waals surface area contributed by atoms with Crippen molar-refractivity contribution in [1.82, 2.24) is 30.4 Å². The van der Waals surface area contributed by atoms with E-state index in [-0.39, 0.29) is 18.7 Å². The number of amides is 1. The molecule has 2 aliphatic heterocycles. The lowest BCUT2D eigenvalue weighted by Gasteiger charge is -2.34. The van der Waals surface area contributed by atoms with Gasteiger partial charge in [0.2, 0.25) is 12.5 Å². The first-order chi connectivity index (χ1) is 18.1. The summed E-state index contributed by atoms with van der Waals surface area (Å²) in [5.74, 6) is 2.35. The summed E-state index contributed by atoms with van der Waals surface area (Å²) in [6.45, 7) is 1.40. The van der Waals surface area contributed by atoms with Crippen LogP contribution in [0.1, 0.15) is 38.9 Å². The van der Waals surface area contributed by atoms with Crippen LogP contribution in [0.5, 0.6) is 17.2 Å². The number of carbonyl (C=O) groups is 1. The first kappa shape index (κ1) is 23.0. The van der Waals surface area contributed by atoms with Gasteiger partial charge in [-0.2, -0.15) is 4.68 Å². The van der Waals surface area contributed by atoms with Crippen LogP contribution in [0.25, 0.3) is 5.69 Å². The largest absolute Gasteiger partial charge is 0.492 e. The molecule has 0 spiro atoms. The van der Waals surface area contributed by atoms with E-state index < -0.39 is 0 Å². The molecule has 4 aromatic rings. The highest BCUT2D eigenvalue weighted by Gasteiger charge is 2.37. The van der Waals surface area contributed by atoms with E-state index in [1.54, 1.807) is 23.9 Å². The quantitative estimate of drug-likeness (QED) is 0.433. The summed E-state index contributed by atoms with van der Waals surface area (Å²) < 4.78 is 18.9. The Labute approximate surface area is 213 Å². The second-order valence-electron chi connectivity index (χ2n) is 9.02. The number of benzene rings is 3. The van der Waals surface area contributed by atoms with E-state index in [2.05, 4.69) is 25.7 Å². The maximum atomic E-state index is 12.9. The molecular formula is C27H26N6O4. The third-order valence-corrected chi connectivity index (χ3v) is 6.78. The molecule has 0 saturated heterocycles. The Morgan fingerprint density at radius 2 is 2.00 bits per heavy atom. The lowest BCUT2D eigenvalue weighted by atomic mass is 9.90. The van der Waals surface area contributed by atoms with Crippen molar-refractivity contribution in [1.29, 1.82) is 0 Å². The Balaban J connectivity index is 1.35. The topological polar surface area (TPSA) is 104 Å². The smallest absolute Gasteiger partial charge is 0.251 e. The third-order valence-electron chi connectivity index (χ3n) is 6.78. The fourth-order valence-corrected chi connectivity index (χ4v) is 4.97. The maximum Gasteiger partial charge on any atom is 0.251 e. The standard InChI is InChI=1S/C27H26N6O4/c1-32-12-11-18-14-21-24(37-16-36-21)25(35-2)22(18)23(32)26-29-30-31-33(26)20-10-6-9-19(13-20)27(34)28-15-17-7-4-3-5-8-17/h3-10,13-14,23H,11-12,15-16H2,1-2H3,(H,28,34)/t23-/m0/s1. The molecule has 10 heteroatoms. The summed E-state index contributed by atoms with van der Waals surface area (Å²) in [5.41, 5.74) is 4.30. The van der Waals surface area contributed by atoms with Gasteiger partial charge >= 0.3 is 0 Å². The molecule has 3 heterocycles. The van der Waals surface area contributed by atoms with Gasteiger partial charge in [-0.3, -0.25) is 9.69 Å². The zero-order chi connectivity index (χ0) is 25.4. The average molecular weight is 499 g/mol. The summed E-state index contributed by atoms with van der Waals surface area (Å²) in [6.07, 6.45) is 0.827. The molecule has 0 fully saturated rings. The number of nitrogens with zero attached hydrogens (tertiary/aromatic N) is 5. The first-order valence-corrected chi connectivity index (χ1v) is 12.0. The second-order valence-corrected chi connectivity index (χ2v) is 9.02. The maximum absolute atomic E-state index is 12.9. The number of hydrogen-bond donors (Lipinski definition) is 1. The summed E-state index contributed by atoms with van der Waals surface area (Å²) in [5, 5.41) is 15.7. The van der Waals surface area contributed by atoms with E-state index >= 15 is 0 Å². The number of tetrazole rings is 1. The number of methoxy groups -OCH3 is 1. The van der Waals surface area contributed by atoms with Crippen LogP contribution in [0.2, 0.25) is 0 Å². The monoisotopic (exact) mass is 498 g/mol. The molecule has 0 unspecified atom stereocenters.